The van der Waals surface area contributed by atoms with Crippen molar-refractivity contribution in [2.24, 2.45) is 0 Å². The highest BCUT2D eigenvalue weighted by Crippen LogP contribution is 2.13. The minimum Gasteiger partial charge on any atom is -0.466 e. The molecule has 0 amide bonds. The van der Waals surface area contributed by atoms with E-state index in [0.29, 0.717) is 13.0 Å². The van der Waals surface area contributed by atoms with Gasteiger partial charge in [-0.1, -0.05) is 13.3 Å². The molecule has 3 heteroatoms. The summed E-state index contributed by atoms with van der Waals surface area (Å²) in [6.07, 6.45) is 2.61. The number of esters is 1. The van der Waals surface area contributed by atoms with Gasteiger partial charge in [-0.05, 0) is 6.42 Å². The SMILES string of the molecule is CCCCOC(=O)C[C@@H]1CO1. The van der Waals surface area contributed by atoms with Crippen LogP contribution in [0.2, 0.25) is 0 Å². The van der Waals surface area contributed by atoms with E-state index in [1.807, 2.05) is 0 Å². The maximum Gasteiger partial charge on any atom is 0.308 e. The number of unbranched alkanes of at least 4 members (excludes halogenated alkanes) is 1. The number of hydrogen-bond acceptors (Lipinski definition) is 3. The highest BCUT2D eigenvalue weighted by molar-refractivity contribution is 5.70. The summed E-state index contributed by atoms with van der Waals surface area (Å²) in [6, 6.07) is 0. The fourth-order valence-corrected chi connectivity index (χ4v) is 0.761. The van der Waals surface area contributed by atoms with E-state index >= 15 is 0 Å². The third kappa shape index (κ3) is 3.98. The predicted octanol–water partition coefficient (Wildman–Crippen LogP) is 1.12. The van der Waals surface area contributed by atoms with Crippen molar-refractivity contribution in [3.8, 4) is 0 Å². The molecular formula is C8H14O3. The lowest BCUT2D eigenvalue weighted by Gasteiger charge is -2.00. The normalized spacial score (nSPS) is 21.4. The van der Waals surface area contributed by atoms with Crippen LogP contribution in [0.5, 0.6) is 0 Å². The Balaban J connectivity index is 1.92. The summed E-state index contributed by atoms with van der Waals surface area (Å²) in [7, 11) is 0. The second-order valence-corrected chi connectivity index (χ2v) is 2.73. The van der Waals surface area contributed by atoms with Gasteiger partial charge in [0.05, 0.1) is 25.7 Å². The second-order valence-electron chi connectivity index (χ2n) is 2.73. The van der Waals surface area contributed by atoms with Gasteiger partial charge in [-0.2, -0.15) is 0 Å². The molecule has 1 rings (SSSR count). The van der Waals surface area contributed by atoms with Crippen LogP contribution >= 0.6 is 0 Å². The van der Waals surface area contributed by atoms with Crippen LogP contribution in [0.25, 0.3) is 0 Å². The summed E-state index contributed by atoms with van der Waals surface area (Å²) in [6.45, 7) is 3.35. The Morgan fingerprint density at radius 1 is 1.73 bits per heavy atom. The van der Waals surface area contributed by atoms with Gasteiger partial charge in [0.1, 0.15) is 0 Å². The van der Waals surface area contributed by atoms with Gasteiger partial charge in [0.15, 0.2) is 0 Å². The van der Waals surface area contributed by atoms with Crippen LogP contribution in [-0.4, -0.2) is 25.3 Å². The summed E-state index contributed by atoms with van der Waals surface area (Å²) < 4.78 is 9.80. The monoisotopic (exact) mass is 158 g/mol. The van der Waals surface area contributed by atoms with Crippen molar-refractivity contribution in [2.45, 2.75) is 32.3 Å². The molecule has 0 aromatic carbocycles. The van der Waals surface area contributed by atoms with Crippen LogP contribution in [0, 0.1) is 0 Å². The Morgan fingerprint density at radius 3 is 3.00 bits per heavy atom. The van der Waals surface area contributed by atoms with Crippen LogP contribution in [0.1, 0.15) is 26.2 Å². The van der Waals surface area contributed by atoms with Crippen molar-refractivity contribution < 1.29 is 14.3 Å². The Morgan fingerprint density at radius 2 is 2.45 bits per heavy atom. The maximum absolute atomic E-state index is 10.9. The van der Waals surface area contributed by atoms with E-state index in [1.165, 1.54) is 0 Å². The lowest BCUT2D eigenvalue weighted by molar-refractivity contribution is -0.144. The van der Waals surface area contributed by atoms with Crippen LogP contribution in [0.4, 0.5) is 0 Å². The van der Waals surface area contributed by atoms with E-state index in [1.54, 1.807) is 0 Å². The molecule has 0 unspecified atom stereocenters. The minimum atomic E-state index is -0.124. The summed E-state index contributed by atoms with van der Waals surface area (Å²) in [5, 5.41) is 0. The number of hydrogen-bond donors (Lipinski definition) is 0. The summed E-state index contributed by atoms with van der Waals surface area (Å²) >= 11 is 0. The Bertz CT molecular complexity index is 129. The first kappa shape index (κ1) is 8.53. The zero-order chi connectivity index (χ0) is 8.10. The maximum atomic E-state index is 10.9. The number of rotatable bonds is 5. The molecule has 0 aromatic heterocycles. The minimum absolute atomic E-state index is 0.124. The molecule has 0 radical (unpaired) electrons. The Kier molecular flexibility index (Phi) is 3.36. The molecule has 1 atom stereocenters. The third-order valence-electron chi connectivity index (χ3n) is 1.56. The smallest absolute Gasteiger partial charge is 0.308 e. The standard InChI is InChI=1S/C8H14O3/c1-2-3-4-10-8(9)5-7-6-11-7/h7H,2-6H2,1H3/t7-/m1/s1. The molecular weight excluding hydrogens is 144 g/mol. The molecule has 1 heterocycles. The highest BCUT2D eigenvalue weighted by Gasteiger charge is 2.26. The lowest BCUT2D eigenvalue weighted by Crippen LogP contribution is -2.08. The fourth-order valence-electron chi connectivity index (χ4n) is 0.761. The molecule has 0 saturated carbocycles. The molecule has 64 valence electrons. The first-order valence-electron chi connectivity index (χ1n) is 4.10. The summed E-state index contributed by atoms with van der Waals surface area (Å²) in [5.41, 5.74) is 0. The highest BCUT2D eigenvalue weighted by atomic mass is 16.6. The van der Waals surface area contributed by atoms with E-state index in [4.69, 9.17) is 9.47 Å². The summed E-state index contributed by atoms with van der Waals surface area (Å²) in [4.78, 5) is 10.9. The largest absolute Gasteiger partial charge is 0.466 e. The van der Waals surface area contributed by atoms with E-state index in [-0.39, 0.29) is 12.1 Å². The molecule has 11 heavy (non-hydrogen) atoms. The molecule has 1 aliphatic heterocycles. The van der Waals surface area contributed by atoms with Crippen LogP contribution in [-0.2, 0) is 14.3 Å². The van der Waals surface area contributed by atoms with Crippen LogP contribution in [0.3, 0.4) is 0 Å². The van der Waals surface area contributed by atoms with Crippen LogP contribution < -0.4 is 0 Å². The molecule has 0 N–H and O–H groups in total. The van der Waals surface area contributed by atoms with Gasteiger partial charge in [0, 0.05) is 0 Å². The fraction of sp³-hybridized carbons (Fsp3) is 0.875. The second kappa shape index (κ2) is 4.34. The molecule has 0 spiro atoms. The number of carbonyl (C=O) groups is 1. The Hall–Kier alpha value is -0.570. The molecule has 1 fully saturated rings. The number of ether oxygens (including phenoxy) is 2. The molecule has 0 bridgehead atoms. The molecule has 0 aliphatic carbocycles. The average Bonchev–Trinajstić information content (AvgIpc) is 2.72. The molecule has 1 saturated heterocycles. The van der Waals surface area contributed by atoms with Gasteiger partial charge < -0.3 is 9.47 Å². The van der Waals surface area contributed by atoms with Gasteiger partial charge in [0.2, 0.25) is 0 Å². The topological polar surface area (TPSA) is 38.8 Å². The van der Waals surface area contributed by atoms with E-state index in [2.05, 4.69) is 6.92 Å². The quantitative estimate of drug-likeness (QED) is 0.342. The van der Waals surface area contributed by atoms with E-state index in [9.17, 15) is 4.79 Å². The van der Waals surface area contributed by atoms with Gasteiger partial charge in [-0.25, -0.2) is 0 Å². The van der Waals surface area contributed by atoms with Gasteiger partial charge in [-0.15, -0.1) is 0 Å². The number of epoxide rings is 1. The van der Waals surface area contributed by atoms with Crippen molar-refractivity contribution in [3.63, 3.8) is 0 Å². The molecule has 3 nitrogen and oxygen atoms in total. The van der Waals surface area contributed by atoms with Gasteiger partial charge in [-0.3, -0.25) is 4.79 Å². The predicted molar refractivity (Wildman–Crippen MR) is 40.2 cm³/mol. The lowest BCUT2D eigenvalue weighted by atomic mass is 10.3. The zero-order valence-corrected chi connectivity index (χ0v) is 6.84. The first-order valence-corrected chi connectivity index (χ1v) is 4.10. The van der Waals surface area contributed by atoms with Crippen molar-refractivity contribution in [1.82, 2.24) is 0 Å². The third-order valence-corrected chi connectivity index (χ3v) is 1.56. The molecule has 1 aliphatic rings. The van der Waals surface area contributed by atoms with Crippen molar-refractivity contribution in [2.75, 3.05) is 13.2 Å². The van der Waals surface area contributed by atoms with Crippen LogP contribution in [0.15, 0.2) is 0 Å². The van der Waals surface area contributed by atoms with E-state index in [0.717, 1.165) is 19.4 Å². The zero-order valence-electron chi connectivity index (χ0n) is 6.84. The van der Waals surface area contributed by atoms with Crippen molar-refractivity contribution in [1.29, 1.82) is 0 Å². The molecule has 0 aromatic rings. The van der Waals surface area contributed by atoms with Gasteiger partial charge in [0.25, 0.3) is 0 Å². The van der Waals surface area contributed by atoms with Gasteiger partial charge >= 0.3 is 5.97 Å². The van der Waals surface area contributed by atoms with Crippen molar-refractivity contribution in [3.05, 3.63) is 0 Å². The van der Waals surface area contributed by atoms with E-state index < -0.39 is 0 Å². The average molecular weight is 158 g/mol. The first-order chi connectivity index (χ1) is 5.33. The Labute approximate surface area is 66.7 Å². The van der Waals surface area contributed by atoms with Crippen molar-refractivity contribution >= 4 is 5.97 Å². The number of carbonyl (C=O) groups excluding carboxylic acids is 1. The summed E-state index contributed by atoms with van der Waals surface area (Å²) in [5.74, 6) is -0.124.